The minimum absolute atomic E-state index is 0.0796. The van der Waals surface area contributed by atoms with Crippen molar-refractivity contribution in [3.63, 3.8) is 0 Å². The fourth-order valence-electron chi connectivity index (χ4n) is 5.78. The smallest absolute Gasteiger partial charge is 0.370 e. The van der Waals surface area contributed by atoms with Crippen LogP contribution in [-0.2, 0) is 4.74 Å². The van der Waals surface area contributed by atoms with Gasteiger partial charge in [-0.3, -0.25) is 14.5 Å². The zero-order chi connectivity index (χ0) is 25.5. The van der Waals surface area contributed by atoms with E-state index < -0.39 is 5.76 Å². The first-order chi connectivity index (χ1) is 18.0. The summed E-state index contributed by atoms with van der Waals surface area (Å²) in [5.41, 5.74) is 3.63. The Morgan fingerprint density at radius 2 is 1.95 bits per heavy atom. The van der Waals surface area contributed by atoms with Crippen LogP contribution in [0.5, 0.6) is 0 Å². The summed E-state index contributed by atoms with van der Waals surface area (Å²) >= 11 is 6.37. The molecule has 1 N–H and O–H groups in total. The highest BCUT2D eigenvalue weighted by Crippen LogP contribution is 2.47. The maximum absolute atomic E-state index is 11.7. The number of rotatable bonds is 8. The molecule has 2 atom stereocenters. The summed E-state index contributed by atoms with van der Waals surface area (Å²) in [6, 6.07) is 3.94. The number of nitrogens with zero attached hydrogens (tertiary/aromatic N) is 5. The lowest BCUT2D eigenvalue weighted by molar-refractivity contribution is 0.0357. The molecule has 10 heteroatoms. The molecule has 0 aliphatic heterocycles. The van der Waals surface area contributed by atoms with E-state index in [-0.39, 0.29) is 18.0 Å². The normalized spacial score (nSPS) is 18.4. The average molecular weight is 523 g/mol. The Labute approximate surface area is 219 Å². The van der Waals surface area contributed by atoms with Crippen LogP contribution in [0.15, 0.2) is 33.8 Å². The molecule has 2 unspecified atom stereocenters. The molecule has 194 valence electrons. The molecule has 2 aliphatic carbocycles. The van der Waals surface area contributed by atoms with E-state index in [1.165, 1.54) is 32.1 Å². The van der Waals surface area contributed by atoms with Gasteiger partial charge < -0.3 is 9.30 Å². The SMILES string of the molecule is CCOC(c1nc2cc(-c3noc(=O)[nH]3)nc(-c3cncc(Cl)c3)c2n1C(C)C1CCCCC1)C1CC1. The van der Waals surface area contributed by atoms with E-state index in [1.807, 2.05) is 19.1 Å². The molecule has 6 rings (SSSR count). The van der Waals surface area contributed by atoms with Crippen molar-refractivity contribution in [3.8, 4) is 22.8 Å². The highest BCUT2D eigenvalue weighted by atomic mass is 35.5. The van der Waals surface area contributed by atoms with Crippen LogP contribution in [0, 0.1) is 11.8 Å². The summed E-state index contributed by atoms with van der Waals surface area (Å²) in [6.45, 7) is 4.97. The molecular weight excluding hydrogens is 492 g/mol. The number of hydrogen-bond acceptors (Lipinski definition) is 7. The van der Waals surface area contributed by atoms with Crippen LogP contribution in [0.25, 0.3) is 33.8 Å². The van der Waals surface area contributed by atoms with E-state index in [1.54, 1.807) is 12.4 Å². The Morgan fingerprint density at radius 1 is 1.14 bits per heavy atom. The van der Waals surface area contributed by atoms with E-state index in [0.717, 1.165) is 35.3 Å². The van der Waals surface area contributed by atoms with Crippen molar-refractivity contribution in [1.29, 1.82) is 0 Å². The van der Waals surface area contributed by atoms with Crippen molar-refractivity contribution in [2.75, 3.05) is 6.61 Å². The number of imidazole rings is 1. The molecule has 4 aromatic heterocycles. The van der Waals surface area contributed by atoms with Crippen LogP contribution < -0.4 is 5.76 Å². The van der Waals surface area contributed by atoms with Gasteiger partial charge in [-0.05, 0) is 63.5 Å². The van der Waals surface area contributed by atoms with Crippen LogP contribution in [0.4, 0.5) is 0 Å². The Balaban J connectivity index is 1.63. The third-order valence-electron chi connectivity index (χ3n) is 7.75. The lowest BCUT2D eigenvalue weighted by atomic mass is 9.84. The van der Waals surface area contributed by atoms with Crippen LogP contribution >= 0.6 is 11.6 Å². The second-order valence-electron chi connectivity index (χ2n) is 10.3. The lowest BCUT2D eigenvalue weighted by Gasteiger charge is -2.31. The number of ether oxygens (including phenoxy) is 1. The lowest BCUT2D eigenvalue weighted by Crippen LogP contribution is -2.23. The fraction of sp³-hybridized carbons (Fsp3) is 0.519. The van der Waals surface area contributed by atoms with Crippen LogP contribution in [-0.4, -0.2) is 36.3 Å². The number of aromatic amines is 1. The molecule has 9 nitrogen and oxygen atoms in total. The average Bonchev–Trinajstić information content (AvgIpc) is 3.55. The molecule has 4 heterocycles. The number of halogens is 1. The Bertz CT molecular complexity index is 1470. The first kappa shape index (κ1) is 24.3. The fourth-order valence-corrected chi connectivity index (χ4v) is 5.96. The van der Waals surface area contributed by atoms with Gasteiger partial charge in [-0.25, -0.2) is 14.8 Å². The third-order valence-corrected chi connectivity index (χ3v) is 7.95. The van der Waals surface area contributed by atoms with Crippen LogP contribution in [0.2, 0.25) is 5.02 Å². The summed E-state index contributed by atoms with van der Waals surface area (Å²) < 4.78 is 13.5. The van der Waals surface area contributed by atoms with E-state index in [2.05, 4.69) is 26.6 Å². The van der Waals surface area contributed by atoms with E-state index >= 15 is 0 Å². The first-order valence-corrected chi connectivity index (χ1v) is 13.6. The summed E-state index contributed by atoms with van der Waals surface area (Å²) in [6.07, 6.45) is 11.8. The number of pyridine rings is 2. The van der Waals surface area contributed by atoms with Gasteiger partial charge in [0.1, 0.15) is 17.6 Å². The number of nitrogens with one attached hydrogen (secondary N) is 1. The summed E-state index contributed by atoms with van der Waals surface area (Å²) in [5, 5.41) is 4.40. The second-order valence-corrected chi connectivity index (χ2v) is 10.7. The summed E-state index contributed by atoms with van der Waals surface area (Å²) in [5.74, 6) is 1.57. The van der Waals surface area contributed by atoms with Gasteiger partial charge >= 0.3 is 5.76 Å². The van der Waals surface area contributed by atoms with Crippen molar-refractivity contribution in [3.05, 3.63) is 45.9 Å². The minimum atomic E-state index is -0.634. The van der Waals surface area contributed by atoms with Crippen LogP contribution in [0.1, 0.15) is 76.8 Å². The van der Waals surface area contributed by atoms with E-state index in [4.69, 9.17) is 30.8 Å². The first-order valence-electron chi connectivity index (χ1n) is 13.2. The van der Waals surface area contributed by atoms with Gasteiger partial charge in [0.2, 0.25) is 5.82 Å². The van der Waals surface area contributed by atoms with E-state index in [9.17, 15) is 4.79 Å². The number of fused-ring (bicyclic) bond motifs is 1. The maximum atomic E-state index is 11.7. The molecule has 0 spiro atoms. The van der Waals surface area contributed by atoms with Gasteiger partial charge in [0, 0.05) is 30.6 Å². The van der Waals surface area contributed by atoms with Crippen molar-refractivity contribution in [2.24, 2.45) is 11.8 Å². The zero-order valence-electron chi connectivity index (χ0n) is 21.1. The number of hydrogen-bond donors (Lipinski definition) is 1. The van der Waals surface area contributed by atoms with Crippen molar-refractivity contribution in [2.45, 2.75) is 70.9 Å². The molecule has 4 aromatic rings. The Kier molecular flexibility index (Phi) is 6.58. The maximum Gasteiger partial charge on any atom is 0.439 e. The van der Waals surface area contributed by atoms with Gasteiger partial charge in [-0.2, -0.15) is 0 Å². The predicted molar refractivity (Wildman–Crippen MR) is 140 cm³/mol. The van der Waals surface area contributed by atoms with Gasteiger partial charge in [-0.15, -0.1) is 0 Å². The predicted octanol–water partition coefficient (Wildman–Crippen LogP) is 6.12. The van der Waals surface area contributed by atoms with Crippen LogP contribution in [0.3, 0.4) is 0 Å². The summed E-state index contributed by atoms with van der Waals surface area (Å²) in [7, 11) is 0. The molecule has 0 amide bonds. The van der Waals surface area contributed by atoms with Crippen molar-refractivity contribution < 1.29 is 9.26 Å². The highest BCUT2D eigenvalue weighted by Gasteiger charge is 2.38. The van der Waals surface area contributed by atoms with E-state index in [0.29, 0.717) is 34.9 Å². The quantitative estimate of drug-likeness (QED) is 0.296. The second kappa shape index (κ2) is 10.0. The van der Waals surface area contributed by atoms with Crippen molar-refractivity contribution in [1.82, 2.24) is 29.7 Å². The molecule has 0 bridgehead atoms. The Hall–Kier alpha value is -3.04. The van der Waals surface area contributed by atoms with Gasteiger partial charge in [0.25, 0.3) is 0 Å². The number of H-pyrrole nitrogens is 1. The van der Waals surface area contributed by atoms with Gasteiger partial charge in [-0.1, -0.05) is 36.0 Å². The third kappa shape index (κ3) is 4.70. The molecule has 37 heavy (non-hydrogen) atoms. The molecule has 2 aliphatic rings. The topological polar surface area (TPSA) is 112 Å². The summed E-state index contributed by atoms with van der Waals surface area (Å²) in [4.78, 5) is 28.8. The standard InChI is InChI=1S/C27H31ClN6O3/c1-3-36-24(17-9-10-17)26-31-20-12-21(25-32-27(35)37-33-25)30-22(18-11-19(28)14-29-13-18)23(20)34(26)15(2)16-7-5-4-6-8-16/h11-17,24H,3-10H2,1-2H3,(H,32,33,35). The molecule has 2 saturated carbocycles. The molecule has 0 aromatic carbocycles. The van der Waals surface area contributed by atoms with Gasteiger partial charge in [0.15, 0.2) is 0 Å². The Morgan fingerprint density at radius 3 is 2.62 bits per heavy atom. The van der Waals surface area contributed by atoms with Crippen molar-refractivity contribution >= 4 is 22.6 Å². The zero-order valence-corrected chi connectivity index (χ0v) is 21.9. The molecule has 0 saturated heterocycles. The van der Waals surface area contributed by atoms with Gasteiger partial charge in [0.05, 0.1) is 21.7 Å². The minimum Gasteiger partial charge on any atom is -0.370 e. The highest BCUT2D eigenvalue weighted by molar-refractivity contribution is 6.30. The molecule has 0 radical (unpaired) electrons. The monoisotopic (exact) mass is 522 g/mol. The largest absolute Gasteiger partial charge is 0.439 e. The molecular formula is C27H31ClN6O3. The molecule has 2 fully saturated rings. The number of aromatic nitrogens is 6.